The van der Waals surface area contributed by atoms with Crippen molar-refractivity contribution in [2.24, 2.45) is 0 Å². The third kappa shape index (κ3) is 2.64. The number of fused-ring (bicyclic) bond motifs is 1. The number of nitrogens with one attached hydrogen (secondary N) is 1. The average Bonchev–Trinajstić information content (AvgIpc) is 3.02. The van der Waals surface area contributed by atoms with Crippen molar-refractivity contribution in [1.29, 1.82) is 0 Å². The zero-order chi connectivity index (χ0) is 15.0. The van der Waals surface area contributed by atoms with Crippen molar-refractivity contribution in [3.05, 3.63) is 40.7 Å². The quantitative estimate of drug-likeness (QED) is 0.800. The molecule has 3 aromatic rings. The summed E-state index contributed by atoms with van der Waals surface area (Å²) in [5.41, 5.74) is 2.05. The van der Waals surface area contributed by atoms with Crippen LogP contribution in [-0.2, 0) is 6.54 Å². The molecule has 1 N–H and O–H groups in total. The molecule has 7 heteroatoms. The van der Waals surface area contributed by atoms with E-state index in [4.69, 9.17) is 11.6 Å². The number of benzene rings is 1. The molecule has 2 aromatic heterocycles. The van der Waals surface area contributed by atoms with E-state index in [0.29, 0.717) is 21.4 Å². The number of halogens is 1. The number of hydrogen-bond acceptors (Lipinski definition) is 4. The number of anilines is 1. The molecule has 0 spiro atoms. The largest absolute Gasteiger partial charge is 0.296 e. The zero-order valence-electron chi connectivity index (χ0n) is 11.6. The minimum atomic E-state index is -0.263. The molecule has 0 aliphatic carbocycles. The molecule has 0 saturated heterocycles. The first-order chi connectivity index (χ1) is 10.1. The molecule has 21 heavy (non-hydrogen) atoms. The van der Waals surface area contributed by atoms with Gasteiger partial charge in [0.25, 0.3) is 5.91 Å². The molecule has 0 aliphatic rings. The third-order valence-electron chi connectivity index (χ3n) is 3.10. The van der Waals surface area contributed by atoms with Crippen LogP contribution in [0.5, 0.6) is 0 Å². The SMILES string of the molecule is CCn1nc(C(=O)Nc2nc3c(Cl)cccc3s2)cc1C. The van der Waals surface area contributed by atoms with Crippen LogP contribution in [0.3, 0.4) is 0 Å². The Morgan fingerprint density at radius 3 is 2.95 bits per heavy atom. The highest BCUT2D eigenvalue weighted by Gasteiger charge is 2.14. The second kappa shape index (κ2) is 5.46. The van der Waals surface area contributed by atoms with Gasteiger partial charge in [-0.05, 0) is 32.0 Å². The van der Waals surface area contributed by atoms with E-state index in [9.17, 15) is 4.79 Å². The second-order valence-electron chi connectivity index (χ2n) is 4.55. The molecule has 0 saturated carbocycles. The van der Waals surface area contributed by atoms with Gasteiger partial charge >= 0.3 is 0 Å². The number of nitrogens with zero attached hydrogens (tertiary/aromatic N) is 3. The predicted molar refractivity (Wildman–Crippen MR) is 85.2 cm³/mol. The van der Waals surface area contributed by atoms with Gasteiger partial charge in [0.15, 0.2) is 10.8 Å². The summed E-state index contributed by atoms with van der Waals surface area (Å²) in [5.74, 6) is -0.263. The Morgan fingerprint density at radius 2 is 2.29 bits per heavy atom. The van der Waals surface area contributed by atoms with E-state index < -0.39 is 0 Å². The summed E-state index contributed by atoms with van der Waals surface area (Å²) in [6.07, 6.45) is 0. The molecule has 5 nitrogen and oxygen atoms in total. The summed E-state index contributed by atoms with van der Waals surface area (Å²) in [6.45, 7) is 4.64. The van der Waals surface area contributed by atoms with Gasteiger partial charge in [-0.2, -0.15) is 5.10 Å². The first-order valence-corrected chi connectivity index (χ1v) is 7.68. The summed E-state index contributed by atoms with van der Waals surface area (Å²) >= 11 is 7.47. The highest BCUT2D eigenvalue weighted by Crippen LogP contribution is 2.30. The van der Waals surface area contributed by atoms with E-state index in [1.807, 2.05) is 26.0 Å². The Morgan fingerprint density at radius 1 is 1.48 bits per heavy atom. The molecule has 1 aromatic carbocycles. The van der Waals surface area contributed by atoms with Crippen molar-refractivity contribution in [1.82, 2.24) is 14.8 Å². The van der Waals surface area contributed by atoms with Crippen molar-refractivity contribution >= 4 is 44.2 Å². The van der Waals surface area contributed by atoms with E-state index >= 15 is 0 Å². The number of aromatic nitrogens is 3. The first kappa shape index (κ1) is 14.0. The highest BCUT2D eigenvalue weighted by atomic mass is 35.5. The third-order valence-corrected chi connectivity index (χ3v) is 4.34. The standard InChI is InChI=1S/C14H13ClN4OS/c1-3-19-8(2)7-10(18-19)13(20)17-14-16-12-9(15)5-4-6-11(12)21-14/h4-7H,3H2,1-2H3,(H,16,17,20). The van der Waals surface area contributed by atoms with Crippen LogP contribution in [0.15, 0.2) is 24.3 Å². The lowest BCUT2D eigenvalue weighted by Crippen LogP contribution is -2.13. The molecular weight excluding hydrogens is 308 g/mol. The van der Waals surface area contributed by atoms with Crippen molar-refractivity contribution < 1.29 is 4.79 Å². The van der Waals surface area contributed by atoms with Crippen LogP contribution in [-0.4, -0.2) is 20.7 Å². The van der Waals surface area contributed by atoms with Gasteiger partial charge in [0, 0.05) is 12.2 Å². The predicted octanol–water partition coefficient (Wildman–Crippen LogP) is 3.73. The Bertz CT molecular complexity index is 824. The maximum Gasteiger partial charge on any atom is 0.277 e. The lowest BCUT2D eigenvalue weighted by molar-refractivity contribution is 0.102. The Labute approximate surface area is 130 Å². The van der Waals surface area contributed by atoms with Crippen molar-refractivity contribution in [3.8, 4) is 0 Å². The van der Waals surface area contributed by atoms with Gasteiger partial charge in [0.1, 0.15) is 5.52 Å². The smallest absolute Gasteiger partial charge is 0.277 e. The van der Waals surface area contributed by atoms with Gasteiger partial charge in [-0.3, -0.25) is 14.8 Å². The summed E-state index contributed by atoms with van der Waals surface area (Å²) in [5, 5.41) is 8.12. The number of thiazole rings is 1. The minimum absolute atomic E-state index is 0.263. The maximum absolute atomic E-state index is 12.2. The average molecular weight is 321 g/mol. The monoisotopic (exact) mass is 320 g/mol. The number of hydrogen-bond donors (Lipinski definition) is 1. The van der Waals surface area contributed by atoms with Gasteiger partial charge < -0.3 is 0 Å². The van der Waals surface area contributed by atoms with Gasteiger partial charge in [0.05, 0.1) is 9.72 Å². The zero-order valence-corrected chi connectivity index (χ0v) is 13.1. The van der Waals surface area contributed by atoms with E-state index in [1.54, 1.807) is 16.8 Å². The summed E-state index contributed by atoms with van der Waals surface area (Å²) in [4.78, 5) is 16.6. The fourth-order valence-corrected chi connectivity index (χ4v) is 3.23. The molecular formula is C14H13ClN4OS. The van der Waals surface area contributed by atoms with E-state index in [-0.39, 0.29) is 5.91 Å². The molecule has 0 bridgehead atoms. The van der Waals surface area contributed by atoms with Crippen molar-refractivity contribution in [2.75, 3.05) is 5.32 Å². The lowest BCUT2D eigenvalue weighted by atomic mass is 10.3. The number of rotatable bonds is 3. The van der Waals surface area contributed by atoms with Crippen LogP contribution in [0.4, 0.5) is 5.13 Å². The van der Waals surface area contributed by atoms with Gasteiger partial charge in [-0.15, -0.1) is 0 Å². The molecule has 3 rings (SSSR count). The van der Waals surface area contributed by atoms with Crippen LogP contribution in [0.2, 0.25) is 5.02 Å². The fourth-order valence-electron chi connectivity index (χ4n) is 2.07. The highest BCUT2D eigenvalue weighted by molar-refractivity contribution is 7.22. The maximum atomic E-state index is 12.2. The topological polar surface area (TPSA) is 59.8 Å². The number of carbonyl (C=O) groups is 1. The molecule has 0 unspecified atom stereocenters. The van der Waals surface area contributed by atoms with Crippen LogP contribution in [0.1, 0.15) is 23.1 Å². The first-order valence-electron chi connectivity index (χ1n) is 6.49. The van der Waals surface area contributed by atoms with Crippen LogP contribution < -0.4 is 5.32 Å². The van der Waals surface area contributed by atoms with Crippen molar-refractivity contribution in [2.45, 2.75) is 20.4 Å². The molecule has 1 amide bonds. The summed E-state index contributed by atoms with van der Waals surface area (Å²) in [6, 6.07) is 7.33. The summed E-state index contributed by atoms with van der Waals surface area (Å²) in [7, 11) is 0. The van der Waals surface area contributed by atoms with Gasteiger partial charge in [-0.25, -0.2) is 4.98 Å². The normalized spacial score (nSPS) is 11.0. The van der Waals surface area contributed by atoms with Crippen LogP contribution >= 0.6 is 22.9 Å². The minimum Gasteiger partial charge on any atom is -0.296 e. The Hall–Kier alpha value is -1.92. The van der Waals surface area contributed by atoms with Gasteiger partial charge in [0.2, 0.25) is 0 Å². The van der Waals surface area contributed by atoms with E-state index in [1.165, 1.54) is 11.3 Å². The number of amides is 1. The Kier molecular flexibility index (Phi) is 3.65. The lowest BCUT2D eigenvalue weighted by Gasteiger charge is -1.98. The Balaban J connectivity index is 1.87. The van der Waals surface area contributed by atoms with E-state index in [2.05, 4.69) is 15.4 Å². The van der Waals surface area contributed by atoms with Crippen molar-refractivity contribution in [3.63, 3.8) is 0 Å². The molecule has 0 atom stereocenters. The van der Waals surface area contributed by atoms with E-state index in [0.717, 1.165) is 16.9 Å². The molecule has 0 fully saturated rings. The molecule has 108 valence electrons. The molecule has 0 aliphatic heterocycles. The number of aryl methyl sites for hydroxylation is 2. The number of para-hydroxylation sites is 1. The summed E-state index contributed by atoms with van der Waals surface area (Å²) < 4.78 is 2.72. The number of carbonyl (C=O) groups excluding carboxylic acids is 1. The van der Waals surface area contributed by atoms with Crippen LogP contribution in [0.25, 0.3) is 10.2 Å². The van der Waals surface area contributed by atoms with Gasteiger partial charge in [-0.1, -0.05) is 29.0 Å². The molecule has 0 radical (unpaired) electrons. The fraction of sp³-hybridized carbons (Fsp3) is 0.214. The second-order valence-corrected chi connectivity index (χ2v) is 5.98. The molecule has 2 heterocycles. The van der Waals surface area contributed by atoms with Crippen LogP contribution in [0, 0.1) is 6.92 Å².